The van der Waals surface area contributed by atoms with Crippen LogP contribution in [0, 0.1) is 0 Å². The Morgan fingerprint density at radius 2 is 1.87 bits per heavy atom. The Labute approximate surface area is 98.3 Å². The smallest absolute Gasteiger partial charge is 0.264 e. The molecule has 0 unspecified atom stereocenters. The quantitative estimate of drug-likeness (QED) is 0.784. The summed E-state index contributed by atoms with van der Waals surface area (Å²) in [6, 6.07) is 0. The molecule has 7 heteroatoms. The highest BCUT2D eigenvalue weighted by molar-refractivity contribution is 7.85. The predicted octanol–water partition coefficient (Wildman–Crippen LogP) is 1.91. The Hall–Kier alpha value is -0.360. The number of halogens is 2. The Bertz CT molecular complexity index is 427. The van der Waals surface area contributed by atoms with Crippen molar-refractivity contribution in [2.45, 2.75) is 6.42 Å². The topological polar surface area (TPSA) is 56.3 Å². The Kier molecular flexibility index (Phi) is 4.33. The van der Waals surface area contributed by atoms with E-state index in [1.165, 1.54) is 12.4 Å². The molecule has 1 aromatic heterocycles. The van der Waals surface area contributed by atoms with Crippen molar-refractivity contribution in [3.63, 3.8) is 0 Å². The summed E-state index contributed by atoms with van der Waals surface area (Å²) < 4.78 is 26.0. The molecule has 0 aliphatic rings. The van der Waals surface area contributed by atoms with Gasteiger partial charge in [0.1, 0.15) is 0 Å². The summed E-state index contributed by atoms with van der Waals surface area (Å²) in [7, 11) is -3.42. The molecule has 0 saturated heterocycles. The fourth-order valence-electron chi connectivity index (χ4n) is 0.972. The minimum atomic E-state index is -3.42. The van der Waals surface area contributed by atoms with E-state index in [1.807, 2.05) is 0 Å². The molecule has 0 N–H and O–H groups in total. The average Bonchev–Trinajstić information content (AvgIpc) is 2.08. The molecular weight excluding hydrogens is 261 g/mol. The molecule has 1 aromatic rings. The van der Waals surface area contributed by atoms with Crippen molar-refractivity contribution in [2.75, 3.05) is 12.9 Å². The van der Waals surface area contributed by atoms with Crippen molar-refractivity contribution >= 4 is 33.3 Å². The summed E-state index contributed by atoms with van der Waals surface area (Å²) in [6.45, 7) is 0.0162. The van der Waals surface area contributed by atoms with Crippen LogP contribution in [0.15, 0.2) is 12.4 Å². The van der Waals surface area contributed by atoms with Gasteiger partial charge in [-0.1, -0.05) is 23.2 Å². The molecule has 4 nitrogen and oxygen atoms in total. The van der Waals surface area contributed by atoms with Gasteiger partial charge in [0.2, 0.25) is 0 Å². The molecule has 0 fully saturated rings. The largest absolute Gasteiger partial charge is 0.270 e. The fraction of sp³-hybridized carbons (Fsp3) is 0.375. The van der Waals surface area contributed by atoms with Gasteiger partial charge in [0.25, 0.3) is 10.1 Å². The number of hydrogen-bond acceptors (Lipinski definition) is 4. The van der Waals surface area contributed by atoms with E-state index in [0.29, 0.717) is 22.0 Å². The van der Waals surface area contributed by atoms with Gasteiger partial charge in [0.05, 0.1) is 22.9 Å². The zero-order valence-electron chi connectivity index (χ0n) is 7.91. The van der Waals surface area contributed by atoms with Crippen molar-refractivity contribution in [1.82, 2.24) is 4.98 Å². The van der Waals surface area contributed by atoms with Gasteiger partial charge in [-0.15, -0.1) is 0 Å². The maximum atomic E-state index is 10.7. The van der Waals surface area contributed by atoms with E-state index in [-0.39, 0.29) is 6.61 Å². The summed E-state index contributed by atoms with van der Waals surface area (Å²) in [5.41, 5.74) is 0.636. The van der Waals surface area contributed by atoms with Crippen LogP contribution in [0.25, 0.3) is 0 Å². The van der Waals surface area contributed by atoms with E-state index < -0.39 is 10.1 Å². The third-order valence-corrected chi connectivity index (χ3v) is 2.85. The standard InChI is InChI=1S/C8H9Cl2NO3S/c1-15(12,13)14-3-2-6-7(9)4-11-5-8(6)10/h4-5H,2-3H2,1H3. The highest BCUT2D eigenvalue weighted by Crippen LogP contribution is 2.23. The van der Waals surface area contributed by atoms with E-state index in [4.69, 9.17) is 23.2 Å². The lowest BCUT2D eigenvalue weighted by Gasteiger charge is -2.05. The molecular formula is C8H9Cl2NO3S. The normalized spacial score (nSPS) is 11.7. The van der Waals surface area contributed by atoms with Crippen LogP contribution in [-0.4, -0.2) is 26.3 Å². The van der Waals surface area contributed by atoms with Crippen LogP contribution in [0.4, 0.5) is 0 Å². The van der Waals surface area contributed by atoms with Crippen molar-refractivity contribution < 1.29 is 12.6 Å². The molecule has 1 heterocycles. The monoisotopic (exact) mass is 269 g/mol. The van der Waals surface area contributed by atoms with Gasteiger partial charge in [-0.25, -0.2) is 0 Å². The summed E-state index contributed by atoms with van der Waals surface area (Å²) >= 11 is 11.7. The molecule has 0 spiro atoms. The molecule has 15 heavy (non-hydrogen) atoms. The van der Waals surface area contributed by atoms with Crippen LogP contribution < -0.4 is 0 Å². The van der Waals surface area contributed by atoms with Gasteiger partial charge >= 0.3 is 0 Å². The van der Waals surface area contributed by atoms with Gasteiger partial charge in [-0.3, -0.25) is 9.17 Å². The Morgan fingerprint density at radius 3 is 2.33 bits per heavy atom. The average molecular weight is 270 g/mol. The molecule has 0 aromatic carbocycles. The van der Waals surface area contributed by atoms with E-state index in [9.17, 15) is 8.42 Å². The van der Waals surface area contributed by atoms with Crippen LogP contribution in [0.5, 0.6) is 0 Å². The minimum absolute atomic E-state index is 0.0162. The highest BCUT2D eigenvalue weighted by atomic mass is 35.5. The Balaban J connectivity index is 2.66. The second-order valence-corrected chi connectivity index (χ2v) is 5.32. The van der Waals surface area contributed by atoms with E-state index in [2.05, 4.69) is 9.17 Å². The number of hydrogen-bond donors (Lipinski definition) is 0. The van der Waals surface area contributed by atoms with E-state index in [0.717, 1.165) is 6.26 Å². The third kappa shape index (κ3) is 4.34. The minimum Gasteiger partial charge on any atom is -0.270 e. The summed E-state index contributed by atoms with van der Waals surface area (Å²) in [4.78, 5) is 3.78. The molecule has 0 radical (unpaired) electrons. The third-order valence-electron chi connectivity index (χ3n) is 1.60. The van der Waals surface area contributed by atoms with Gasteiger partial charge in [0, 0.05) is 18.8 Å². The highest BCUT2D eigenvalue weighted by Gasteiger charge is 2.08. The summed E-state index contributed by atoms with van der Waals surface area (Å²) in [5.74, 6) is 0. The summed E-state index contributed by atoms with van der Waals surface area (Å²) in [6.07, 6.45) is 4.21. The first-order valence-corrected chi connectivity index (χ1v) is 6.59. The molecule has 0 amide bonds. The number of pyridine rings is 1. The zero-order chi connectivity index (χ0) is 11.5. The predicted molar refractivity (Wildman–Crippen MR) is 58.8 cm³/mol. The van der Waals surface area contributed by atoms with Crippen molar-refractivity contribution in [3.05, 3.63) is 28.0 Å². The first-order chi connectivity index (χ1) is 6.90. The van der Waals surface area contributed by atoms with Gasteiger partial charge in [-0.2, -0.15) is 8.42 Å². The molecule has 0 atom stereocenters. The number of nitrogens with zero attached hydrogens (tertiary/aromatic N) is 1. The molecule has 1 rings (SSSR count). The van der Waals surface area contributed by atoms with Gasteiger partial charge in [-0.05, 0) is 5.56 Å². The molecule has 0 aliphatic carbocycles. The van der Waals surface area contributed by atoms with Crippen LogP contribution in [0.1, 0.15) is 5.56 Å². The maximum Gasteiger partial charge on any atom is 0.264 e. The van der Waals surface area contributed by atoms with Crippen molar-refractivity contribution in [2.24, 2.45) is 0 Å². The van der Waals surface area contributed by atoms with Crippen molar-refractivity contribution in [3.8, 4) is 0 Å². The fourth-order valence-corrected chi connectivity index (χ4v) is 1.91. The van der Waals surface area contributed by atoms with Crippen LogP contribution in [0.2, 0.25) is 10.0 Å². The molecule has 0 saturated carbocycles. The van der Waals surface area contributed by atoms with Crippen LogP contribution in [0.3, 0.4) is 0 Å². The maximum absolute atomic E-state index is 10.7. The second-order valence-electron chi connectivity index (χ2n) is 2.86. The second kappa shape index (κ2) is 5.12. The lowest BCUT2D eigenvalue weighted by Crippen LogP contribution is -2.06. The first kappa shape index (κ1) is 12.7. The lowest BCUT2D eigenvalue weighted by atomic mass is 10.2. The SMILES string of the molecule is CS(=O)(=O)OCCc1c(Cl)cncc1Cl. The molecule has 0 aliphatic heterocycles. The first-order valence-electron chi connectivity index (χ1n) is 4.02. The zero-order valence-corrected chi connectivity index (χ0v) is 10.2. The number of aromatic nitrogens is 1. The van der Waals surface area contributed by atoms with Gasteiger partial charge < -0.3 is 0 Å². The van der Waals surface area contributed by atoms with Crippen LogP contribution in [-0.2, 0) is 20.7 Å². The van der Waals surface area contributed by atoms with Crippen molar-refractivity contribution in [1.29, 1.82) is 0 Å². The van der Waals surface area contributed by atoms with E-state index >= 15 is 0 Å². The number of rotatable bonds is 4. The lowest BCUT2D eigenvalue weighted by molar-refractivity contribution is 0.326. The van der Waals surface area contributed by atoms with Gasteiger partial charge in [0.15, 0.2) is 0 Å². The molecule has 0 bridgehead atoms. The molecule has 84 valence electrons. The Morgan fingerprint density at radius 1 is 1.33 bits per heavy atom. The van der Waals surface area contributed by atoms with E-state index in [1.54, 1.807) is 0 Å². The van der Waals surface area contributed by atoms with Crippen LogP contribution >= 0.6 is 23.2 Å². The summed E-state index contributed by atoms with van der Waals surface area (Å²) in [5, 5.41) is 0.805.